The third-order valence-corrected chi connectivity index (χ3v) is 1.89. The summed E-state index contributed by atoms with van der Waals surface area (Å²) in [6, 6.07) is 9.15. The lowest BCUT2D eigenvalue weighted by Crippen LogP contribution is -1.87. The Morgan fingerprint density at radius 2 is 1.88 bits per heavy atom. The number of halogens is 1. The maximum absolute atomic E-state index is 12.6. The molecule has 0 N–H and O–H groups in total. The molecule has 0 unspecified atom stereocenters. The predicted molar refractivity (Wildman–Crippen MR) is 55.4 cm³/mol. The van der Waals surface area contributed by atoms with Crippen LogP contribution in [0.3, 0.4) is 0 Å². The minimum absolute atomic E-state index is 0.323. The average molecular weight is 214 g/mol. The first-order valence-electron chi connectivity index (χ1n) is 4.56. The highest BCUT2D eigenvalue weighted by Gasteiger charge is 1.99. The number of aromatic nitrogens is 1. The van der Waals surface area contributed by atoms with Crippen LogP contribution >= 0.6 is 0 Å². The highest BCUT2D eigenvalue weighted by molar-refractivity contribution is 5.35. The summed E-state index contributed by atoms with van der Waals surface area (Å²) >= 11 is 0. The Kier molecular flexibility index (Phi) is 2.79. The summed E-state index contributed by atoms with van der Waals surface area (Å²) in [5.74, 6) is 0.625. The summed E-state index contributed by atoms with van der Waals surface area (Å²) in [6.45, 7) is 0. The van der Waals surface area contributed by atoms with Crippen LogP contribution in [0.15, 0.2) is 42.7 Å². The van der Waals surface area contributed by atoms with Crippen molar-refractivity contribution in [3.8, 4) is 17.6 Å². The van der Waals surface area contributed by atoms with E-state index in [1.54, 1.807) is 6.07 Å². The van der Waals surface area contributed by atoms with Gasteiger partial charge in [-0.25, -0.2) is 4.39 Å². The lowest BCUT2D eigenvalue weighted by Gasteiger charge is -2.04. The summed E-state index contributed by atoms with van der Waals surface area (Å²) in [7, 11) is 0. The Hall–Kier alpha value is -2.41. The Bertz CT molecular complexity index is 531. The van der Waals surface area contributed by atoms with Gasteiger partial charge in [0.05, 0.1) is 11.8 Å². The molecule has 0 spiro atoms. The summed E-state index contributed by atoms with van der Waals surface area (Å²) in [5.41, 5.74) is 0.416. The third-order valence-electron chi connectivity index (χ3n) is 1.89. The fraction of sp³-hybridized carbons (Fsp3) is 0. The molecular formula is C12H7FN2O. The molecule has 0 radical (unpaired) electrons. The van der Waals surface area contributed by atoms with Crippen LogP contribution in [-0.4, -0.2) is 4.98 Å². The Balaban J connectivity index is 2.21. The first-order valence-corrected chi connectivity index (χ1v) is 4.56. The molecule has 0 aliphatic rings. The highest BCUT2D eigenvalue weighted by Crippen LogP contribution is 2.21. The molecule has 0 bridgehead atoms. The number of rotatable bonds is 2. The van der Waals surface area contributed by atoms with Crippen molar-refractivity contribution in [2.24, 2.45) is 0 Å². The molecule has 3 nitrogen and oxygen atoms in total. The van der Waals surface area contributed by atoms with E-state index >= 15 is 0 Å². The lowest BCUT2D eigenvalue weighted by molar-refractivity contribution is 0.478. The number of pyridine rings is 1. The van der Waals surface area contributed by atoms with Gasteiger partial charge in [0, 0.05) is 12.3 Å². The van der Waals surface area contributed by atoms with Crippen LogP contribution in [-0.2, 0) is 0 Å². The molecule has 0 saturated carbocycles. The SMILES string of the molecule is N#Cc1cncc(Oc2ccc(F)cc2)c1. The van der Waals surface area contributed by atoms with E-state index < -0.39 is 0 Å². The second-order valence-electron chi connectivity index (χ2n) is 3.08. The second kappa shape index (κ2) is 4.41. The molecular weight excluding hydrogens is 207 g/mol. The molecule has 0 atom stereocenters. The fourth-order valence-electron chi connectivity index (χ4n) is 1.17. The van der Waals surface area contributed by atoms with E-state index in [4.69, 9.17) is 10.00 Å². The maximum atomic E-state index is 12.6. The molecule has 0 saturated heterocycles. The molecule has 16 heavy (non-hydrogen) atoms. The summed E-state index contributed by atoms with van der Waals surface area (Å²) in [5, 5.41) is 8.67. The topological polar surface area (TPSA) is 45.9 Å². The Labute approximate surface area is 91.7 Å². The second-order valence-corrected chi connectivity index (χ2v) is 3.08. The van der Waals surface area contributed by atoms with Crippen molar-refractivity contribution in [1.29, 1.82) is 5.26 Å². The Morgan fingerprint density at radius 1 is 1.12 bits per heavy atom. The van der Waals surface area contributed by atoms with Gasteiger partial charge in [-0.3, -0.25) is 4.98 Å². The van der Waals surface area contributed by atoms with Crippen LogP contribution in [0.2, 0.25) is 0 Å². The molecule has 2 aromatic rings. The van der Waals surface area contributed by atoms with Crippen LogP contribution in [0.4, 0.5) is 4.39 Å². The minimum atomic E-state index is -0.323. The van der Waals surface area contributed by atoms with Gasteiger partial charge in [0.15, 0.2) is 0 Å². The average Bonchev–Trinajstić information content (AvgIpc) is 2.32. The van der Waals surface area contributed by atoms with E-state index in [2.05, 4.69) is 4.98 Å². The van der Waals surface area contributed by atoms with E-state index in [-0.39, 0.29) is 5.82 Å². The van der Waals surface area contributed by atoms with Gasteiger partial charge in [0.25, 0.3) is 0 Å². The molecule has 0 amide bonds. The van der Waals surface area contributed by atoms with Crippen LogP contribution in [0.1, 0.15) is 5.56 Å². The lowest BCUT2D eigenvalue weighted by atomic mass is 10.3. The van der Waals surface area contributed by atoms with Crippen LogP contribution in [0.25, 0.3) is 0 Å². The molecule has 2 rings (SSSR count). The molecule has 0 aliphatic heterocycles. The van der Waals surface area contributed by atoms with Crippen molar-refractivity contribution in [1.82, 2.24) is 4.98 Å². The highest BCUT2D eigenvalue weighted by atomic mass is 19.1. The Morgan fingerprint density at radius 3 is 2.56 bits per heavy atom. The summed E-state index contributed by atoms with van der Waals surface area (Å²) < 4.78 is 18.0. The van der Waals surface area contributed by atoms with Crippen molar-refractivity contribution in [2.45, 2.75) is 0 Å². The van der Waals surface area contributed by atoms with Gasteiger partial charge in [-0.2, -0.15) is 5.26 Å². The quantitative estimate of drug-likeness (QED) is 0.772. The molecule has 78 valence electrons. The van der Waals surface area contributed by atoms with E-state index in [1.807, 2.05) is 6.07 Å². The number of nitriles is 1. The van der Waals surface area contributed by atoms with Crippen molar-refractivity contribution < 1.29 is 9.13 Å². The van der Waals surface area contributed by atoms with Gasteiger partial charge in [0.1, 0.15) is 23.4 Å². The van der Waals surface area contributed by atoms with Gasteiger partial charge < -0.3 is 4.74 Å². The van der Waals surface area contributed by atoms with E-state index in [0.717, 1.165) is 0 Å². The number of benzene rings is 1. The molecule has 0 fully saturated rings. The summed E-state index contributed by atoms with van der Waals surface area (Å²) in [6.07, 6.45) is 2.93. The first kappa shape index (κ1) is 10.1. The zero-order valence-corrected chi connectivity index (χ0v) is 8.22. The molecule has 1 aromatic heterocycles. The number of nitrogens with zero attached hydrogens (tertiary/aromatic N) is 2. The normalized spacial score (nSPS) is 9.50. The van der Waals surface area contributed by atoms with Gasteiger partial charge in [-0.15, -0.1) is 0 Å². The zero-order valence-electron chi connectivity index (χ0n) is 8.22. The van der Waals surface area contributed by atoms with Crippen molar-refractivity contribution in [2.75, 3.05) is 0 Å². The smallest absolute Gasteiger partial charge is 0.147 e. The van der Waals surface area contributed by atoms with E-state index in [1.165, 1.54) is 36.7 Å². The van der Waals surface area contributed by atoms with Crippen LogP contribution in [0, 0.1) is 17.1 Å². The molecule has 0 aliphatic carbocycles. The number of ether oxygens (including phenoxy) is 1. The zero-order chi connectivity index (χ0) is 11.4. The standard InChI is InChI=1S/C12H7FN2O/c13-10-1-3-11(4-2-10)16-12-5-9(6-14)7-15-8-12/h1-5,7-8H. The van der Waals surface area contributed by atoms with Crippen LogP contribution < -0.4 is 4.74 Å². The van der Waals surface area contributed by atoms with Gasteiger partial charge in [0.2, 0.25) is 0 Å². The van der Waals surface area contributed by atoms with Crippen molar-refractivity contribution in [3.63, 3.8) is 0 Å². The predicted octanol–water partition coefficient (Wildman–Crippen LogP) is 2.88. The number of hydrogen-bond acceptors (Lipinski definition) is 3. The number of hydrogen-bond donors (Lipinski definition) is 0. The monoisotopic (exact) mass is 214 g/mol. The van der Waals surface area contributed by atoms with Gasteiger partial charge in [-0.1, -0.05) is 0 Å². The van der Waals surface area contributed by atoms with E-state index in [9.17, 15) is 4.39 Å². The first-order chi connectivity index (χ1) is 7.78. The van der Waals surface area contributed by atoms with Crippen molar-refractivity contribution >= 4 is 0 Å². The third kappa shape index (κ3) is 2.34. The van der Waals surface area contributed by atoms with Gasteiger partial charge >= 0.3 is 0 Å². The van der Waals surface area contributed by atoms with Gasteiger partial charge in [-0.05, 0) is 24.3 Å². The molecule has 4 heteroatoms. The molecule has 1 heterocycles. The van der Waals surface area contributed by atoms with Crippen LogP contribution in [0.5, 0.6) is 11.5 Å². The van der Waals surface area contributed by atoms with Crippen molar-refractivity contribution in [3.05, 3.63) is 54.1 Å². The minimum Gasteiger partial charge on any atom is -0.456 e. The summed E-state index contributed by atoms with van der Waals surface area (Å²) in [4.78, 5) is 3.85. The maximum Gasteiger partial charge on any atom is 0.147 e. The van der Waals surface area contributed by atoms with E-state index in [0.29, 0.717) is 17.1 Å². The molecule has 1 aromatic carbocycles. The largest absolute Gasteiger partial charge is 0.456 e. The fourth-order valence-corrected chi connectivity index (χ4v) is 1.17.